The van der Waals surface area contributed by atoms with Crippen molar-refractivity contribution < 1.29 is 4.74 Å². The van der Waals surface area contributed by atoms with Crippen LogP contribution >= 0.6 is 15.9 Å². The van der Waals surface area contributed by atoms with Crippen molar-refractivity contribution in [1.29, 1.82) is 0 Å². The van der Waals surface area contributed by atoms with Gasteiger partial charge in [0.05, 0.1) is 6.20 Å². The van der Waals surface area contributed by atoms with Gasteiger partial charge in [-0.05, 0) is 28.9 Å². The molecule has 0 aliphatic rings. The molecule has 5 heteroatoms. The van der Waals surface area contributed by atoms with E-state index >= 15 is 0 Å². The van der Waals surface area contributed by atoms with E-state index in [1.54, 1.807) is 18.5 Å². The van der Waals surface area contributed by atoms with Gasteiger partial charge >= 0.3 is 0 Å². The molecule has 0 N–H and O–H groups in total. The summed E-state index contributed by atoms with van der Waals surface area (Å²) in [6.45, 7) is 1.88. The first-order chi connectivity index (χ1) is 7.24. The first-order valence-electron chi connectivity index (χ1n) is 4.31. The number of ether oxygens (including phenoxy) is 1. The lowest BCUT2D eigenvalue weighted by Crippen LogP contribution is -1.90. The van der Waals surface area contributed by atoms with Gasteiger partial charge in [0.25, 0.3) is 0 Å². The third kappa shape index (κ3) is 2.73. The summed E-state index contributed by atoms with van der Waals surface area (Å²) in [7, 11) is 0. The first-order valence-corrected chi connectivity index (χ1v) is 5.10. The molecule has 0 atom stereocenters. The maximum atomic E-state index is 5.50. The summed E-state index contributed by atoms with van der Waals surface area (Å²) in [5.41, 5.74) is 0.864. The summed E-state index contributed by atoms with van der Waals surface area (Å²) < 4.78 is 6.36. The van der Waals surface area contributed by atoms with Crippen LogP contribution in [0.2, 0.25) is 0 Å². The van der Waals surface area contributed by atoms with Gasteiger partial charge in [-0.2, -0.15) is 0 Å². The fraction of sp³-hybridized carbons (Fsp3) is 0.100. The maximum Gasteiger partial charge on any atom is 0.222 e. The fourth-order valence-electron chi connectivity index (χ4n) is 1.05. The Hall–Kier alpha value is -1.49. The number of hydrogen-bond acceptors (Lipinski definition) is 4. The predicted octanol–water partition coefficient (Wildman–Crippen LogP) is 2.73. The molecule has 2 aromatic heterocycles. The average Bonchev–Trinajstić information content (AvgIpc) is 2.17. The minimum atomic E-state index is 0.516. The molecule has 0 aromatic carbocycles. The Morgan fingerprint density at radius 3 is 2.80 bits per heavy atom. The van der Waals surface area contributed by atoms with Gasteiger partial charge in [-0.3, -0.25) is 4.98 Å². The van der Waals surface area contributed by atoms with Crippen molar-refractivity contribution in [1.82, 2.24) is 15.0 Å². The topological polar surface area (TPSA) is 47.9 Å². The van der Waals surface area contributed by atoms with Gasteiger partial charge in [0.15, 0.2) is 0 Å². The molecule has 0 aliphatic carbocycles. The van der Waals surface area contributed by atoms with Gasteiger partial charge in [-0.1, -0.05) is 0 Å². The van der Waals surface area contributed by atoms with Crippen molar-refractivity contribution >= 4 is 15.9 Å². The predicted molar refractivity (Wildman–Crippen MR) is 58.8 cm³/mol. The van der Waals surface area contributed by atoms with E-state index in [-0.39, 0.29) is 0 Å². The molecule has 4 nitrogen and oxygen atoms in total. The molecule has 0 fully saturated rings. The molecule has 2 rings (SSSR count). The molecule has 15 heavy (non-hydrogen) atoms. The summed E-state index contributed by atoms with van der Waals surface area (Å²) >= 11 is 3.31. The van der Waals surface area contributed by atoms with Crippen LogP contribution in [0.25, 0.3) is 0 Å². The van der Waals surface area contributed by atoms with Crippen molar-refractivity contribution in [2.45, 2.75) is 6.92 Å². The lowest BCUT2D eigenvalue weighted by atomic mass is 10.4. The van der Waals surface area contributed by atoms with Crippen molar-refractivity contribution in [2.24, 2.45) is 0 Å². The van der Waals surface area contributed by atoms with Gasteiger partial charge in [0, 0.05) is 22.4 Å². The quantitative estimate of drug-likeness (QED) is 0.838. The second-order valence-electron chi connectivity index (χ2n) is 2.94. The number of aromatic nitrogens is 3. The van der Waals surface area contributed by atoms with Gasteiger partial charge in [-0.15, -0.1) is 0 Å². The summed E-state index contributed by atoms with van der Waals surface area (Å²) in [6.07, 6.45) is 4.79. The summed E-state index contributed by atoms with van der Waals surface area (Å²) in [5, 5.41) is 0. The number of nitrogens with zero attached hydrogens (tertiary/aromatic N) is 3. The second kappa shape index (κ2) is 4.35. The van der Waals surface area contributed by atoms with Crippen LogP contribution in [0, 0.1) is 6.92 Å². The summed E-state index contributed by atoms with van der Waals surface area (Å²) in [6, 6.07) is 3.59. The second-order valence-corrected chi connectivity index (χ2v) is 3.85. The zero-order valence-electron chi connectivity index (χ0n) is 8.01. The SMILES string of the molecule is Cc1cc(Oc2cncc(Br)c2)ncn1. The highest BCUT2D eigenvalue weighted by Gasteiger charge is 2.00. The van der Waals surface area contributed by atoms with E-state index in [1.807, 2.05) is 13.0 Å². The van der Waals surface area contributed by atoms with E-state index in [1.165, 1.54) is 6.33 Å². The van der Waals surface area contributed by atoms with Crippen LogP contribution in [0.15, 0.2) is 35.3 Å². The van der Waals surface area contributed by atoms with Gasteiger partial charge in [-0.25, -0.2) is 9.97 Å². The van der Waals surface area contributed by atoms with Gasteiger partial charge < -0.3 is 4.74 Å². The molecular weight excluding hydrogens is 258 g/mol. The first kappa shape index (κ1) is 10.0. The zero-order chi connectivity index (χ0) is 10.7. The van der Waals surface area contributed by atoms with E-state index in [4.69, 9.17) is 4.74 Å². The normalized spacial score (nSPS) is 10.0. The van der Waals surface area contributed by atoms with E-state index < -0.39 is 0 Å². The molecule has 76 valence electrons. The van der Waals surface area contributed by atoms with E-state index in [0.717, 1.165) is 10.2 Å². The van der Waals surface area contributed by atoms with Crippen LogP contribution in [-0.4, -0.2) is 15.0 Å². The van der Waals surface area contributed by atoms with E-state index in [0.29, 0.717) is 11.6 Å². The van der Waals surface area contributed by atoms with Crippen LogP contribution in [0.4, 0.5) is 0 Å². The molecule has 0 spiro atoms. The lowest BCUT2D eigenvalue weighted by molar-refractivity contribution is 0.458. The average molecular weight is 266 g/mol. The molecule has 0 amide bonds. The van der Waals surface area contributed by atoms with Crippen molar-refractivity contribution in [2.75, 3.05) is 0 Å². The van der Waals surface area contributed by atoms with E-state index in [2.05, 4.69) is 30.9 Å². The van der Waals surface area contributed by atoms with Crippen molar-refractivity contribution in [3.05, 3.63) is 41.0 Å². The molecule has 0 aliphatic heterocycles. The number of rotatable bonds is 2. The van der Waals surface area contributed by atoms with Crippen LogP contribution in [0.1, 0.15) is 5.69 Å². The van der Waals surface area contributed by atoms with Gasteiger partial charge in [0.1, 0.15) is 12.1 Å². The highest BCUT2D eigenvalue weighted by atomic mass is 79.9. The highest BCUT2D eigenvalue weighted by molar-refractivity contribution is 9.10. The van der Waals surface area contributed by atoms with Gasteiger partial charge in [0.2, 0.25) is 5.88 Å². The minimum absolute atomic E-state index is 0.516. The molecule has 0 bridgehead atoms. The Kier molecular flexibility index (Phi) is 2.91. The third-order valence-corrected chi connectivity index (χ3v) is 2.11. The molecular formula is C10H8BrN3O. The maximum absolute atomic E-state index is 5.50. The number of halogens is 1. The summed E-state index contributed by atoms with van der Waals surface area (Å²) in [4.78, 5) is 12.0. The van der Waals surface area contributed by atoms with Crippen molar-refractivity contribution in [3.8, 4) is 11.6 Å². The Morgan fingerprint density at radius 2 is 2.07 bits per heavy atom. The Labute approximate surface area is 95.5 Å². The fourth-order valence-corrected chi connectivity index (χ4v) is 1.40. The number of aryl methyl sites for hydroxylation is 1. The highest BCUT2D eigenvalue weighted by Crippen LogP contribution is 2.21. The van der Waals surface area contributed by atoms with Crippen LogP contribution in [0.3, 0.4) is 0 Å². The van der Waals surface area contributed by atoms with Crippen LogP contribution in [-0.2, 0) is 0 Å². The smallest absolute Gasteiger partial charge is 0.222 e. The lowest BCUT2D eigenvalue weighted by Gasteiger charge is -2.04. The van der Waals surface area contributed by atoms with Crippen molar-refractivity contribution in [3.63, 3.8) is 0 Å². The standard InChI is InChI=1S/C10H8BrN3O/c1-7-2-10(14-6-13-7)15-9-3-8(11)4-12-5-9/h2-6H,1H3. The Bertz CT molecular complexity index is 432. The molecule has 0 saturated carbocycles. The molecule has 2 heterocycles. The summed E-state index contributed by atoms with van der Waals surface area (Å²) in [5.74, 6) is 1.16. The number of hydrogen-bond donors (Lipinski definition) is 0. The zero-order valence-corrected chi connectivity index (χ0v) is 9.60. The monoisotopic (exact) mass is 265 g/mol. The minimum Gasteiger partial charge on any atom is -0.437 e. The Balaban J connectivity index is 2.22. The third-order valence-electron chi connectivity index (χ3n) is 1.68. The molecule has 0 radical (unpaired) electrons. The van der Waals surface area contributed by atoms with E-state index in [9.17, 15) is 0 Å². The Morgan fingerprint density at radius 1 is 1.20 bits per heavy atom. The van der Waals surface area contributed by atoms with Crippen LogP contribution < -0.4 is 4.74 Å². The largest absolute Gasteiger partial charge is 0.437 e. The molecule has 0 unspecified atom stereocenters. The molecule has 0 saturated heterocycles. The number of pyridine rings is 1. The molecule has 2 aromatic rings. The van der Waals surface area contributed by atoms with Crippen LogP contribution in [0.5, 0.6) is 11.6 Å².